The fourth-order valence-electron chi connectivity index (χ4n) is 2.56. The van der Waals surface area contributed by atoms with Gasteiger partial charge in [0.1, 0.15) is 6.61 Å². The van der Waals surface area contributed by atoms with Crippen LogP contribution in [0.25, 0.3) is 10.8 Å². The van der Waals surface area contributed by atoms with Crippen molar-refractivity contribution in [2.75, 3.05) is 6.61 Å². The van der Waals surface area contributed by atoms with Crippen LogP contribution in [0.4, 0.5) is 0 Å². The first-order valence-electron chi connectivity index (χ1n) is 7.29. The molecule has 0 fully saturated rings. The Kier molecular flexibility index (Phi) is 3.28. The molecule has 2 aromatic carbocycles. The van der Waals surface area contributed by atoms with Gasteiger partial charge >= 0.3 is 0 Å². The van der Waals surface area contributed by atoms with E-state index in [0.29, 0.717) is 24.5 Å². The smallest absolute Gasteiger partial charge is 0.217 e. The molecule has 0 radical (unpaired) electrons. The molecule has 0 spiro atoms. The van der Waals surface area contributed by atoms with Gasteiger partial charge in [-0.25, -0.2) is 4.99 Å². The molecule has 0 saturated heterocycles. The molecule has 3 rings (SSSR count). The second-order valence-corrected chi connectivity index (χ2v) is 6.04. The van der Waals surface area contributed by atoms with Crippen molar-refractivity contribution in [3.8, 4) is 0 Å². The Labute approximate surface area is 124 Å². The van der Waals surface area contributed by atoms with E-state index in [2.05, 4.69) is 4.99 Å². The standard InChI is InChI=1S/C18H19NO2/c1-4-16(20)14-9-12-7-5-6-8-13(12)10-15(14)17-19-18(2,3)11-21-17/h5-10H,4,11H2,1-3H3. The molecule has 0 bridgehead atoms. The van der Waals surface area contributed by atoms with E-state index in [9.17, 15) is 4.79 Å². The Bertz CT molecular complexity index is 744. The monoisotopic (exact) mass is 281 g/mol. The average Bonchev–Trinajstić information content (AvgIpc) is 2.85. The molecule has 0 aliphatic carbocycles. The number of ketones is 1. The zero-order valence-electron chi connectivity index (χ0n) is 12.6. The summed E-state index contributed by atoms with van der Waals surface area (Å²) >= 11 is 0. The molecule has 0 amide bonds. The first kappa shape index (κ1) is 13.8. The molecule has 1 aliphatic rings. The van der Waals surface area contributed by atoms with Gasteiger partial charge in [-0.05, 0) is 36.8 Å². The Morgan fingerprint density at radius 2 is 1.90 bits per heavy atom. The molecule has 0 N–H and O–H groups in total. The quantitative estimate of drug-likeness (QED) is 0.798. The first-order valence-corrected chi connectivity index (χ1v) is 7.29. The Balaban J connectivity index is 2.22. The van der Waals surface area contributed by atoms with Crippen LogP contribution in [0.3, 0.4) is 0 Å². The topological polar surface area (TPSA) is 38.7 Å². The van der Waals surface area contributed by atoms with Crippen molar-refractivity contribution in [3.63, 3.8) is 0 Å². The number of nitrogens with zero attached hydrogens (tertiary/aromatic N) is 1. The molecule has 21 heavy (non-hydrogen) atoms. The molecule has 1 heterocycles. The van der Waals surface area contributed by atoms with E-state index in [1.165, 1.54) is 0 Å². The lowest BCUT2D eigenvalue weighted by Crippen LogP contribution is -2.17. The molecule has 3 heteroatoms. The van der Waals surface area contributed by atoms with Crippen LogP contribution >= 0.6 is 0 Å². The van der Waals surface area contributed by atoms with Crippen molar-refractivity contribution in [1.29, 1.82) is 0 Å². The lowest BCUT2D eigenvalue weighted by molar-refractivity contribution is 0.0988. The first-order chi connectivity index (χ1) is 10.00. The summed E-state index contributed by atoms with van der Waals surface area (Å²) in [5.74, 6) is 0.703. The van der Waals surface area contributed by atoms with E-state index in [1.807, 2.05) is 57.2 Å². The minimum atomic E-state index is -0.229. The molecule has 3 nitrogen and oxygen atoms in total. The van der Waals surface area contributed by atoms with E-state index < -0.39 is 0 Å². The van der Waals surface area contributed by atoms with Gasteiger partial charge in [0, 0.05) is 17.5 Å². The van der Waals surface area contributed by atoms with Crippen LogP contribution in [0.1, 0.15) is 43.1 Å². The zero-order chi connectivity index (χ0) is 15.0. The van der Waals surface area contributed by atoms with Crippen molar-refractivity contribution in [2.24, 2.45) is 4.99 Å². The van der Waals surface area contributed by atoms with Crippen LogP contribution in [0, 0.1) is 0 Å². The highest BCUT2D eigenvalue weighted by Crippen LogP contribution is 2.27. The maximum Gasteiger partial charge on any atom is 0.217 e. The molecule has 0 saturated carbocycles. The van der Waals surface area contributed by atoms with Gasteiger partial charge < -0.3 is 4.74 Å². The molecule has 1 aliphatic heterocycles. The van der Waals surface area contributed by atoms with E-state index in [-0.39, 0.29) is 11.3 Å². The van der Waals surface area contributed by atoms with Gasteiger partial charge in [0.15, 0.2) is 5.78 Å². The largest absolute Gasteiger partial charge is 0.475 e. The van der Waals surface area contributed by atoms with Gasteiger partial charge in [-0.2, -0.15) is 0 Å². The summed E-state index contributed by atoms with van der Waals surface area (Å²) in [5, 5.41) is 2.16. The normalized spacial score (nSPS) is 16.6. The summed E-state index contributed by atoms with van der Waals surface area (Å²) in [6.45, 7) is 6.49. The number of carbonyl (C=O) groups is 1. The molecule has 0 unspecified atom stereocenters. The van der Waals surface area contributed by atoms with Crippen molar-refractivity contribution in [3.05, 3.63) is 47.5 Å². The number of rotatable bonds is 3. The van der Waals surface area contributed by atoms with Gasteiger partial charge in [-0.15, -0.1) is 0 Å². The van der Waals surface area contributed by atoms with E-state index in [4.69, 9.17) is 4.74 Å². The lowest BCUT2D eigenvalue weighted by Gasteiger charge is -2.10. The minimum Gasteiger partial charge on any atom is -0.475 e. The maximum absolute atomic E-state index is 12.3. The van der Waals surface area contributed by atoms with Crippen LogP contribution in [-0.4, -0.2) is 23.8 Å². The number of hydrogen-bond acceptors (Lipinski definition) is 3. The highest BCUT2D eigenvalue weighted by molar-refractivity contribution is 6.11. The van der Waals surface area contributed by atoms with Gasteiger partial charge in [0.2, 0.25) is 5.90 Å². The Morgan fingerprint density at radius 3 is 2.48 bits per heavy atom. The number of ether oxygens (including phenoxy) is 1. The van der Waals surface area contributed by atoms with Crippen molar-refractivity contribution >= 4 is 22.5 Å². The van der Waals surface area contributed by atoms with Crippen LogP contribution in [0.5, 0.6) is 0 Å². The number of aliphatic imine (C=N–C) groups is 1. The second-order valence-electron chi connectivity index (χ2n) is 6.04. The second kappa shape index (κ2) is 4.99. The molecule has 2 aromatic rings. The molecule has 0 aromatic heterocycles. The van der Waals surface area contributed by atoms with Crippen LogP contribution < -0.4 is 0 Å². The van der Waals surface area contributed by atoms with Crippen LogP contribution in [0.15, 0.2) is 41.4 Å². The van der Waals surface area contributed by atoms with Gasteiger partial charge in [-0.1, -0.05) is 31.2 Å². The molecular weight excluding hydrogens is 262 g/mol. The van der Waals surface area contributed by atoms with E-state index in [1.54, 1.807) is 0 Å². The fraction of sp³-hybridized carbons (Fsp3) is 0.333. The number of Topliss-reactive ketones (excluding diaryl/α,β-unsaturated/α-hetero) is 1. The number of carbonyl (C=O) groups excluding carboxylic acids is 1. The van der Waals surface area contributed by atoms with Gasteiger partial charge in [0.05, 0.1) is 5.54 Å². The highest BCUT2D eigenvalue weighted by Gasteiger charge is 2.29. The predicted molar refractivity (Wildman–Crippen MR) is 85.1 cm³/mol. The molecular formula is C18H19NO2. The minimum absolute atomic E-state index is 0.117. The highest BCUT2D eigenvalue weighted by atomic mass is 16.5. The molecule has 0 atom stereocenters. The van der Waals surface area contributed by atoms with E-state index >= 15 is 0 Å². The third kappa shape index (κ3) is 2.56. The SMILES string of the molecule is CCC(=O)c1cc2ccccc2cc1C1=NC(C)(C)CO1. The van der Waals surface area contributed by atoms with Crippen LogP contribution in [0.2, 0.25) is 0 Å². The lowest BCUT2D eigenvalue weighted by atomic mass is 9.97. The summed E-state index contributed by atoms with van der Waals surface area (Å²) in [7, 11) is 0. The zero-order valence-corrected chi connectivity index (χ0v) is 12.6. The van der Waals surface area contributed by atoms with Crippen molar-refractivity contribution in [2.45, 2.75) is 32.7 Å². The number of hydrogen-bond donors (Lipinski definition) is 0. The number of benzene rings is 2. The average molecular weight is 281 g/mol. The summed E-state index contributed by atoms with van der Waals surface area (Å²) < 4.78 is 5.74. The Hall–Kier alpha value is -2.16. The van der Waals surface area contributed by atoms with Crippen molar-refractivity contribution < 1.29 is 9.53 Å². The third-order valence-corrected chi connectivity index (χ3v) is 3.70. The fourth-order valence-corrected chi connectivity index (χ4v) is 2.56. The maximum atomic E-state index is 12.3. The Morgan fingerprint density at radius 1 is 1.24 bits per heavy atom. The van der Waals surface area contributed by atoms with E-state index in [0.717, 1.165) is 16.3 Å². The van der Waals surface area contributed by atoms with Crippen molar-refractivity contribution in [1.82, 2.24) is 0 Å². The van der Waals surface area contributed by atoms with Gasteiger partial charge in [0.25, 0.3) is 0 Å². The van der Waals surface area contributed by atoms with Crippen LogP contribution in [-0.2, 0) is 4.74 Å². The summed E-state index contributed by atoms with van der Waals surface area (Å²) in [5.41, 5.74) is 1.28. The number of fused-ring (bicyclic) bond motifs is 1. The van der Waals surface area contributed by atoms with Gasteiger partial charge in [-0.3, -0.25) is 4.79 Å². The molecule has 108 valence electrons. The summed E-state index contributed by atoms with van der Waals surface area (Å²) in [6.07, 6.45) is 0.474. The summed E-state index contributed by atoms with van der Waals surface area (Å²) in [6, 6.07) is 12.0. The summed E-state index contributed by atoms with van der Waals surface area (Å²) in [4.78, 5) is 16.9. The predicted octanol–water partition coefficient (Wildman–Crippen LogP) is 3.99. The third-order valence-electron chi connectivity index (χ3n) is 3.70.